The molecule has 2 unspecified atom stereocenters. The molecule has 2 saturated carbocycles. The van der Waals surface area contributed by atoms with Crippen LogP contribution in [0.15, 0.2) is 57.6 Å². The Kier molecular flexibility index (Phi) is 6.25. The summed E-state index contributed by atoms with van der Waals surface area (Å²) in [5.74, 6) is 0.320. The van der Waals surface area contributed by atoms with Crippen LogP contribution >= 0.6 is 22.7 Å². The average Bonchev–Trinajstić information content (AvgIpc) is 3.79. The highest BCUT2D eigenvalue weighted by molar-refractivity contribution is 7.17. The third-order valence-corrected chi connectivity index (χ3v) is 12.8. The maximum atomic E-state index is 9.35. The molecule has 0 saturated heterocycles. The highest BCUT2D eigenvalue weighted by Gasteiger charge is 2.52. The van der Waals surface area contributed by atoms with Crippen LogP contribution in [0.5, 0.6) is 0 Å². The Morgan fingerprint density at radius 3 is 1.45 bits per heavy atom. The fourth-order valence-corrected chi connectivity index (χ4v) is 11.3. The normalized spacial score (nSPS) is 25.5. The van der Waals surface area contributed by atoms with Crippen LogP contribution in [0.2, 0.25) is 0 Å². The van der Waals surface area contributed by atoms with E-state index in [-0.39, 0.29) is 34.3 Å². The van der Waals surface area contributed by atoms with E-state index in [1.807, 2.05) is 12.1 Å². The predicted molar refractivity (Wildman–Crippen MR) is 176 cm³/mol. The van der Waals surface area contributed by atoms with Gasteiger partial charge in [0.25, 0.3) is 0 Å². The number of hydrogen-bond donors (Lipinski definition) is 0. The Morgan fingerprint density at radius 2 is 1.09 bits per heavy atom. The smallest absolute Gasteiger partial charge is 0.350 e. The van der Waals surface area contributed by atoms with E-state index < -0.39 is 0 Å². The lowest BCUT2D eigenvalue weighted by Crippen LogP contribution is -2.31. The van der Waals surface area contributed by atoms with Crippen LogP contribution in [-0.2, 0) is 10.8 Å². The molecule has 0 radical (unpaired) electrons. The van der Waals surface area contributed by atoms with Gasteiger partial charge in [0.15, 0.2) is 0 Å². The minimum Gasteiger partial charge on any atom is -0.351 e. The number of thiophene rings is 2. The summed E-state index contributed by atoms with van der Waals surface area (Å²) < 4.78 is 0. The Labute approximate surface area is 265 Å². The van der Waals surface area contributed by atoms with Gasteiger partial charge in [-0.25, -0.2) is 10.5 Å². The first-order valence-corrected chi connectivity index (χ1v) is 17.1. The number of fused-ring (bicyclic) bond motifs is 11. The van der Waals surface area contributed by atoms with Crippen molar-refractivity contribution in [1.82, 2.24) is 0 Å². The molecule has 2 heterocycles. The number of rotatable bonds is 2. The van der Waals surface area contributed by atoms with Gasteiger partial charge in [0.1, 0.15) is 12.1 Å². The molecule has 0 bridgehead atoms. The highest BCUT2D eigenvalue weighted by Crippen LogP contribution is 2.65. The number of amidine groups is 2. The average molecular weight is 609 g/mol. The summed E-state index contributed by atoms with van der Waals surface area (Å²) in [7, 11) is 0. The van der Waals surface area contributed by atoms with Crippen molar-refractivity contribution in [3.63, 3.8) is 0 Å². The summed E-state index contributed by atoms with van der Waals surface area (Å²) in [5, 5.41) is 20.2. The second-order valence-corrected chi connectivity index (χ2v) is 14.8. The number of nitrogens with zero attached hydrogens (tertiary/aromatic N) is 6. The summed E-state index contributed by atoms with van der Waals surface area (Å²) in [4.78, 5) is 18.0. The van der Waals surface area contributed by atoms with Crippen molar-refractivity contribution in [1.29, 1.82) is 10.5 Å². The van der Waals surface area contributed by atoms with Crippen molar-refractivity contribution in [2.45, 2.75) is 75.0 Å². The molecular weight excluding hydrogens is 581 g/mol. The fraction of sp³-hybridized carbons (Fsp3) is 0.389. The lowest BCUT2D eigenvalue weighted by Gasteiger charge is -2.40. The summed E-state index contributed by atoms with van der Waals surface area (Å²) in [6.07, 6.45) is 21.9. The molecule has 6 aliphatic rings. The molecule has 0 amide bonds. The van der Waals surface area contributed by atoms with Crippen molar-refractivity contribution in [2.75, 3.05) is 0 Å². The van der Waals surface area contributed by atoms with E-state index in [1.165, 1.54) is 81.7 Å². The number of aliphatic imine (C=N–C) groups is 2. The summed E-state index contributed by atoms with van der Waals surface area (Å²) >= 11 is 3.27. The second kappa shape index (κ2) is 10.1. The molecule has 6 aliphatic carbocycles. The van der Waals surface area contributed by atoms with Crippen molar-refractivity contribution in [3.8, 4) is 12.1 Å². The van der Waals surface area contributed by atoms with Crippen LogP contribution in [0.4, 0.5) is 10.0 Å². The summed E-state index contributed by atoms with van der Waals surface area (Å²) in [5.41, 5.74) is 8.27. The van der Waals surface area contributed by atoms with E-state index in [0.29, 0.717) is 0 Å². The molecule has 2 fully saturated rings. The van der Waals surface area contributed by atoms with Crippen molar-refractivity contribution in [2.24, 2.45) is 21.8 Å². The monoisotopic (exact) mass is 608 g/mol. The van der Waals surface area contributed by atoms with Gasteiger partial charge in [0.05, 0.1) is 0 Å². The lowest BCUT2D eigenvalue weighted by molar-refractivity contribution is 0.347. The molecule has 8 heteroatoms. The first-order valence-electron chi connectivity index (χ1n) is 15.4. The van der Waals surface area contributed by atoms with Crippen molar-refractivity contribution < 1.29 is 0 Å². The van der Waals surface area contributed by atoms with Gasteiger partial charge in [-0.2, -0.15) is 0 Å². The van der Waals surface area contributed by atoms with Gasteiger partial charge in [0.2, 0.25) is 10.0 Å². The number of allylic oxidation sites excluding steroid dienone is 8. The Morgan fingerprint density at radius 1 is 0.682 bits per heavy atom. The molecule has 0 aromatic carbocycles. The van der Waals surface area contributed by atoms with Gasteiger partial charge in [-0.1, -0.05) is 109 Å². The minimum atomic E-state index is -0.107. The number of nitriles is 2. The standard InChI is InChI=1S/C36H28N6S2/c1-39-29(19-37)41-31-17-27-33(43-31)23-13-21-16-26-24(14-22(21)15-25(23)35(27)9-5-3-6-10-35)34-28(36(26)11-7-4-8-12-36)18-32(44-34)42-30(20-38)40-2/h13-18,21-22H,3-12H2. The van der Waals surface area contributed by atoms with Crippen LogP contribution in [-0.4, -0.2) is 11.7 Å². The first kappa shape index (κ1) is 27.2. The third-order valence-electron chi connectivity index (χ3n) is 10.7. The minimum absolute atomic E-state index is 0.0221. The van der Waals surface area contributed by atoms with E-state index in [4.69, 9.17) is 13.1 Å². The molecular formula is C36H28N6S2. The maximum Gasteiger partial charge on any atom is 0.350 e. The molecule has 2 atom stereocenters. The second-order valence-electron chi connectivity index (χ2n) is 12.7. The Hall–Kier alpha value is -4.34. The summed E-state index contributed by atoms with van der Waals surface area (Å²) in [6, 6.07) is 8.19. The zero-order chi connectivity index (χ0) is 30.1. The third kappa shape index (κ3) is 3.78. The zero-order valence-corrected chi connectivity index (χ0v) is 25.8. The van der Waals surface area contributed by atoms with E-state index in [1.54, 1.807) is 22.7 Å². The van der Waals surface area contributed by atoms with Gasteiger partial charge < -0.3 is 9.69 Å². The van der Waals surface area contributed by atoms with E-state index in [9.17, 15) is 10.5 Å². The Bertz CT molecular complexity index is 1810. The maximum absolute atomic E-state index is 9.35. The van der Waals surface area contributed by atoms with Gasteiger partial charge in [-0.3, -0.25) is 0 Å². The fourth-order valence-electron chi connectivity index (χ4n) is 8.91. The van der Waals surface area contributed by atoms with Gasteiger partial charge in [0, 0.05) is 44.6 Å². The highest BCUT2D eigenvalue weighted by atomic mass is 32.1. The van der Waals surface area contributed by atoms with Gasteiger partial charge in [-0.05, 0) is 59.1 Å². The summed E-state index contributed by atoms with van der Waals surface area (Å²) in [6.45, 7) is 14.6. The van der Waals surface area contributed by atoms with Crippen LogP contribution < -0.4 is 0 Å². The molecule has 0 aliphatic heterocycles. The molecule has 2 aromatic rings. The first-order chi connectivity index (χ1) is 21.5. The number of hydrogen-bond acceptors (Lipinski definition) is 6. The predicted octanol–water partition coefficient (Wildman–Crippen LogP) is 9.77. The zero-order valence-electron chi connectivity index (χ0n) is 24.2. The van der Waals surface area contributed by atoms with Crippen LogP contribution in [0.1, 0.15) is 85.1 Å². The molecule has 2 aromatic heterocycles. The quantitative estimate of drug-likeness (QED) is 0.193. The van der Waals surface area contributed by atoms with E-state index in [2.05, 4.69) is 56.1 Å². The van der Waals surface area contributed by atoms with Crippen LogP contribution in [0.25, 0.3) is 20.8 Å². The molecule has 44 heavy (non-hydrogen) atoms. The molecule has 0 N–H and O–H groups in total. The van der Waals surface area contributed by atoms with E-state index >= 15 is 0 Å². The molecule has 8 rings (SSSR count). The van der Waals surface area contributed by atoms with Crippen LogP contribution in [0, 0.1) is 47.6 Å². The van der Waals surface area contributed by atoms with Crippen LogP contribution in [0.3, 0.4) is 0 Å². The van der Waals surface area contributed by atoms with E-state index in [0.717, 1.165) is 35.7 Å². The molecule has 2 spiro atoms. The van der Waals surface area contributed by atoms with Gasteiger partial charge in [-0.15, -0.1) is 0 Å². The largest absolute Gasteiger partial charge is 0.351 e. The SMILES string of the molecule is [C-]#[N+]C(C#N)=Nc1cc2c(s1)C1=CC3C=C4C(=CC3C=C1C21CCCCC1)c1sc(N=C(C#N)[N+]#[C-])cc1C41CCCCC1. The molecule has 214 valence electrons. The lowest BCUT2D eigenvalue weighted by atomic mass is 9.63. The molecule has 6 nitrogen and oxygen atoms in total. The van der Waals surface area contributed by atoms with Gasteiger partial charge >= 0.3 is 11.7 Å². The topological polar surface area (TPSA) is 81.0 Å². The Balaban J connectivity index is 1.26. The van der Waals surface area contributed by atoms with Crippen molar-refractivity contribution in [3.05, 3.63) is 91.3 Å². The van der Waals surface area contributed by atoms with Crippen molar-refractivity contribution >= 4 is 55.5 Å².